The van der Waals surface area contributed by atoms with Crippen LogP contribution in [0.1, 0.15) is 30.3 Å². The van der Waals surface area contributed by atoms with Gasteiger partial charge in [-0.05, 0) is 38.4 Å². The van der Waals surface area contributed by atoms with Crippen LogP contribution in [0.4, 0.5) is 0 Å². The van der Waals surface area contributed by atoms with Crippen LogP contribution in [0.25, 0.3) is 5.69 Å². The van der Waals surface area contributed by atoms with Crippen molar-refractivity contribution in [3.05, 3.63) is 42.2 Å². The Morgan fingerprint density at radius 3 is 3.00 bits per heavy atom. The van der Waals surface area contributed by atoms with Crippen LogP contribution in [0.3, 0.4) is 0 Å². The number of rotatable bonds is 2. The summed E-state index contributed by atoms with van der Waals surface area (Å²) in [5.74, 6) is 0. The van der Waals surface area contributed by atoms with Crippen LogP contribution in [0.5, 0.6) is 0 Å². The highest BCUT2D eigenvalue weighted by atomic mass is 15.1. The van der Waals surface area contributed by atoms with Crippen molar-refractivity contribution in [1.82, 2.24) is 19.9 Å². The van der Waals surface area contributed by atoms with Crippen LogP contribution in [0.2, 0.25) is 0 Å². The summed E-state index contributed by atoms with van der Waals surface area (Å²) in [5.41, 5.74) is 3.35. The first-order valence-electron chi connectivity index (χ1n) is 6.03. The number of hydrogen-bond acceptors (Lipinski definition) is 3. The van der Waals surface area contributed by atoms with Crippen LogP contribution in [0.15, 0.2) is 30.9 Å². The van der Waals surface area contributed by atoms with Gasteiger partial charge < -0.3 is 9.88 Å². The lowest BCUT2D eigenvalue weighted by Crippen LogP contribution is -2.16. The molecule has 1 aliphatic heterocycles. The quantitative estimate of drug-likeness (QED) is 0.855. The molecule has 0 amide bonds. The molecule has 0 aliphatic carbocycles. The first-order valence-corrected chi connectivity index (χ1v) is 6.03. The van der Waals surface area contributed by atoms with E-state index in [0.29, 0.717) is 6.04 Å². The molecular formula is C13H16N4. The summed E-state index contributed by atoms with van der Waals surface area (Å²) in [6.07, 6.45) is 8.13. The van der Waals surface area contributed by atoms with Gasteiger partial charge >= 0.3 is 0 Å². The van der Waals surface area contributed by atoms with Crippen LogP contribution >= 0.6 is 0 Å². The highest BCUT2D eigenvalue weighted by Gasteiger charge is 2.20. The van der Waals surface area contributed by atoms with E-state index in [2.05, 4.69) is 25.9 Å². The number of nitrogens with one attached hydrogen (secondary N) is 1. The number of aromatic nitrogens is 3. The Bertz CT molecular complexity index is 494. The third kappa shape index (κ3) is 1.96. The Balaban J connectivity index is 1.97. The van der Waals surface area contributed by atoms with Gasteiger partial charge in [-0.3, -0.25) is 4.98 Å². The van der Waals surface area contributed by atoms with Crippen molar-refractivity contribution in [3.63, 3.8) is 0 Å². The van der Waals surface area contributed by atoms with Crippen molar-refractivity contribution >= 4 is 0 Å². The van der Waals surface area contributed by atoms with E-state index in [1.165, 1.54) is 18.5 Å². The van der Waals surface area contributed by atoms with Gasteiger partial charge in [-0.15, -0.1) is 0 Å². The molecule has 1 atom stereocenters. The summed E-state index contributed by atoms with van der Waals surface area (Å²) in [5, 5.41) is 3.50. The average Bonchev–Trinajstić information content (AvgIpc) is 3.00. The summed E-state index contributed by atoms with van der Waals surface area (Å²) in [6.45, 7) is 3.10. The van der Waals surface area contributed by atoms with Crippen LogP contribution < -0.4 is 5.32 Å². The van der Waals surface area contributed by atoms with E-state index in [1.807, 2.05) is 31.7 Å². The Hall–Kier alpha value is -1.68. The lowest BCUT2D eigenvalue weighted by molar-refractivity contribution is 0.615. The molecule has 88 valence electrons. The monoisotopic (exact) mass is 228 g/mol. The van der Waals surface area contributed by atoms with Gasteiger partial charge in [0.15, 0.2) is 0 Å². The lowest BCUT2D eigenvalue weighted by atomic mass is 10.1. The second-order valence-corrected chi connectivity index (χ2v) is 4.50. The highest BCUT2D eigenvalue weighted by molar-refractivity contribution is 5.32. The van der Waals surface area contributed by atoms with Gasteiger partial charge in [0.05, 0.1) is 30.1 Å². The number of imidazole rings is 1. The maximum absolute atomic E-state index is 4.33. The van der Waals surface area contributed by atoms with E-state index in [0.717, 1.165) is 17.9 Å². The fourth-order valence-electron chi connectivity index (χ4n) is 2.32. The van der Waals surface area contributed by atoms with Gasteiger partial charge in [0.2, 0.25) is 0 Å². The van der Waals surface area contributed by atoms with Gasteiger partial charge in [0.1, 0.15) is 0 Å². The largest absolute Gasteiger partial charge is 0.309 e. The molecule has 0 aromatic carbocycles. The van der Waals surface area contributed by atoms with Crippen LogP contribution in [-0.2, 0) is 0 Å². The molecule has 0 unspecified atom stereocenters. The Morgan fingerprint density at radius 2 is 2.29 bits per heavy atom. The molecule has 0 bridgehead atoms. The van der Waals surface area contributed by atoms with E-state index < -0.39 is 0 Å². The molecule has 3 rings (SSSR count). The molecule has 4 nitrogen and oxygen atoms in total. The molecule has 1 saturated heterocycles. The smallest absolute Gasteiger partial charge is 0.0995 e. The van der Waals surface area contributed by atoms with E-state index in [-0.39, 0.29) is 0 Å². The summed E-state index contributed by atoms with van der Waals surface area (Å²) in [4.78, 5) is 8.59. The first-order chi connectivity index (χ1) is 8.34. The average molecular weight is 228 g/mol. The number of pyridine rings is 1. The molecule has 0 radical (unpaired) electrons. The SMILES string of the molecule is Cc1ccc(-n2cncc2[C@@H]2CCCN2)cn1. The minimum atomic E-state index is 0.429. The van der Waals surface area contributed by atoms with Crippen molar-refractivity contribution in [1.29, 1.82) is 0 Å². The van der Waals surface area contributed by atoms with Crippen molar-refractivity contribution in [3.8, 4) is 5.69 Å². The predicted molar refractivity (Wildman–Crippen MR) is 66.1 cm³/mol. The summed E-state index contributed by atoms with van der Waals surface area (Å²) >= 11 is 0. The number of hydrogen-bond donors (Lipinski definition) is 1. The summed E-state index contributed by atoms with van der Waals surface area (Å²) in [7, 11) is 0. The molecular weight excluding hydrogens is 212 g/mol. The zero-order chi connectivity index (χ0) is 11.7. The van der Waals surface area contributed by atoms with E-state index in [1.54, 1.807) is 0 Å². The van der Waals surface area contributed by atoms with Gasteiger partial charge in [0, 0.05) is 11.7 Å². The molecule has 0 saturated carbocycles. The Kier molecular flexibility index (Phi) is 2.65. The van der Waals surface area contributed by atoms with Gasteiger partial charge in [-0.1, -0.05) is 0 Å². The fourth-order valence-corrected chi connectivity index (χ4v) is 2.32. The molecule has 1 fully saturated rings. The van der Waals surface area contributed by atoms with Crippen LogP contribution in [0, 0.1) is 6.92 Å². The van der Waals surface area contributed by atoms with E-state index in [4.69, 9.17) is 0 Å². The number of aryl methyl sites for hydroxylation is 1. The first kappa shape index (κ1) is 10.5. The molecule has 1 aliphatic rings. The standard InChI is InChI=1S/C13H16N4/c1-10-4-5-11(7-16-10)17-9-14-8-13(17)12-3-2-6-15-12/h4-5,7-9,12,15H,2-3,6H2,1H3/t12-/m0/s1. The summed E-state index contributed by atoms with van der Waals surface area (Å²) < 4.78 is 2.12. The highest BCUT2D eigenvalue weighted by Crippen LogP contribution is 2.24. The maximum atomic E-state index is 4.33. The van der Waals surface area contributed by atoms with Crippen molar-refractivity contribution < 1.29 is 0 Å². The fraction of sp³-hybridized carbons (Fsp3) is 0.385. The molecule has 0 spiro atoms. The molecule has 2 aromatic rings. The Labute approximate surface area is 101 Å². The van der Waals surface area contributed by atoms with Crippen molar-refractivity contribution in [2.45, 2.75) is 25.8 Å². The van der Waals surface area contributed by atoms with Gasteiger partial charge in [0.25, 0.3) is 0 Å². The molecule has 4 heteroatoms. The molecule has 1 N–H and O–H groups in total. The third-order valence-corrected chi connectivity index (χ3v) is 3.26. The minimum Gasteiger partial charge on any atom is -0.309 e. The topological polar surface area (TPSA) is 42.7 Å². The second-order valence-electron chi connectivity index (χ2n) is 4.50. The van der Waals surface area contributed by atoms with E-state index in [9.17, 15) is 0 Å². The normalized spacial score (nSPS) is 19.7. The molecule has 3 heterocycles. The third-order valence-electron chi connectivity index (χ3n) is 3.26. The number of nitrogens with zero attached hydrogens (tertiary/aromatic N) is 3. The minimum absolute atomic E-state index is 0.429. The van der Waals surface area contributed by atoms with Crippen molar-refractivity contribution in [2.24, 2.45) is 0 Å². The van der Waals surface area contributed by atoms with Crippen LogP contribution in [-0.4, -0.2) is 21.1 Å². The maximum Gasteiger partial charge on any atom is 0.0995 e. The lowest BCUT2D eigenvalue weighted by Gasteiger charge is -2.13. The second kappa shape index (κ2) is 4.30. The zero-order valence-corrected chi connectivity index (χ0v) is 9.93. The molecule has 17 heavy (non-hydrogen) atoms. The van der Waals surface area contributed by atoms with Crippen molar-refractivity contribution in [2.75, 3.05) is 6.54 Å². The van der Waals surface area contributed by atoms with Gasteiger partial charge in [-0.2, -0.15) is 0 Å². The van der Waals surface area contributed by atoms with Gasteiger partial charge in [-0.25, -0.2) is 4.98 Å². The molecule has 2 aromatic heterocycles. The Morgan fingerprint density at radius 1 is 1.35 bits per heavy atom. The predicted octanol–water partition coefficient (Wildman–Crippen LogP) is 2.00. The van der Waals surface area contributed by atoms with E-state index >= 15 is 0 Å². The summed E-state index contributed by atoms with van der Waals surface area (Å²) in [6, 6.07) is 4.54. The zero-order valence-electron chi connectivity index (χ0n) is 9.93.